The Kier molecular flexibility index (Phi) is 2.83. The number of nitrogens with two attached hydrogens (primary N) is 1. The fraction of sp³-hybridized carbons (Fsp3) is 0.214. The summed E-state index contributed by atoms with van der Waals surface area (Å²) in [5.41, 5.74) is 6.67. The zero-order chi connectivity index (χ0) is 13.4. The van der Waals surface area contributed by atoms with Gasteiger partial charge in [0.2, 0.25) is 5.91 Å². The molecule has 0 spiro atoms. The lowest BCUT2D eigenvalue weighted by atomic mass is 9.93. The summed E-state index contributed by atoms with van der Waals surface area (Å²) in [6.07, 6.45) is 1.56. The molecular formula is C14H13FN2O2. The molecule has 1 aliphatic rings. The molecule has 5 heteroatoms. The number of β-lactam (4-membered cyclic amide) rings is 1. The van der Waals surface area contributed by atoms with E-state index < -0.39 is 6.04 Å². The van der Waals surface area contributed by atoms with Gasteiger partial charge in [0, 0.05) is 6.54 Å². The van der Waals surface area contributed by atoms with Crippen molar-refractivity contribution < 1.29 is 13.6 Å². The standard InChI is InChI=1S/C14H13FN2O2/c15-10-5-3-9(4-6-10)8-17-13(12(16)14(17)18)11-2-1-7-19-11/h1-7,12-13H,8,16H2/t12-,13+/m0/s1. The first kappa shape index (κ1) is 11.9. The van der Waals surface area contributed by atoms with Crippen molar-refractivity contribution in [1.82, 2.24) is 4.90 Å². The Morgan fingerprint density at radius 3 is 2.63 bits per heavy atom. The van der Waals surface area contributed by atoms with E-state index in [2.05, 4.69) is 0 Å². The fourth-order valence-corrected chi connectivity index (χ4v) is 2.33. The lowest BCUT2D eigenvalue weighted by Gasteiger charge is -2.44. The first-order valence-corrected chi connectivity index (χ1v) is 6.01. The van der Waals surface area contributed by atoms with E-state index in [0.29, 0.717) is 12.3 Å². The van der Waals surface area contributed by atoms with Crippen molar-refractivity contribution in [1.29, 1.82) is 0 Å². The van der Waals surface area contributed by atoms with Gasteiger partial charge in [-0.15, -0.1) is 0 Å². The number of carbonyl (C=O) groups is 1. The third kappa shape index (κ3) is 2.02. The number of hydrogen-bond acceptors (Lipinski definition) is 3. The molecule has 1 aromatic heterocycles. The van der Waals surface area contributed by atoms with Gasteiger partial charge in [-0.05, 0) is 29.8 Å². The maximum atomic E-state index is 12.8. The molecule has 2 N–H and O–H groups in total. The maximum absolute atomic E-state index is 12.8. The van der Waals surface area contributed by atoms with Crippen molar-refractivity contribution in [3.8, 4) is 0 Å². The number of likely N-dealkylation sites (tertiary alicyclic amines) is 1. The van der Waals surface area contributed by atoms with Crippen molar-refractivity contribution in [3.05, 3.63) is 59.8 Å². The van der Waals surface area contributed by atoms with Gasteiger partial charge in [-0.1, -0.05) is 12.1 Å². The van der Waals surface area contributed by atoms with Crippen LogP contribution in [0.3, 0.4) is 0 Å². The number of benzene rings is 1. The molecule has 98 valence electrons. The molecular weight excluding hydrogens is 247 g/mol. The molecule has 2 heterocycles. The minimum Gasteiger partial charge on any atom is -0.467 e. The van der Waals surface area contributed by atoms with E-state index in [9.17, 15) is 9.18 Å². The van der Waals surface area contributed by atoms with E-state index in [1.54, 1.807) is 35.4 Å². The van der Waals surface area contributed by atoms with Crippen LogP contribution in [0.4, 0.5) is 4.39 Å². The van der Waals surface area contributed by atoms with Gasteiger partial charge in [-0.25, -0.2) is 4.39 Å². The average Bonchev–Trinajstić information content (AvgIpc) is 2.93. The van der Waals surface area contributed by atoms with Crippen LogP contribution < -0.4 is 5.73 Å². The number of rotatable bonds is 3. The lowest BCUT2D eigenvalue weighted by Crippen LogP contribution is -2.62. The molecule has 0 radical (unpaired) electrons. The molecule has 2 atom stereocenters. The van der Waals surface area contributed by atoms with E-state index in [-0.39, 0.29) is 17.8 Å². The molecule has 1 aromatic carbocycles. The molecule has 1 fully saturated rings. The van der Waals surface area contributed by atoms with E-state index in [0.717, 1.165) is 5.56 Å². The Hall–Kier alpha value is -2.14. The third-order valence-corrected chi connectivity index (χ3v) is 3.35. The van der Waals surface area contributed by atoms with Crippen LogP contribution in [0.15, 0.2) is 47.1 Å². The summed E-state index contributed by atoms with van der Waals surface area (Å²) in [5, 5.41) is 0. The summed E-state index contributed by atoms with van der Waals surface area (Å²) >= 11 is 0. The Bertz CT molecular complexity index is 580. The lowest BCUT2D eigenvalue weighted by molar-refractivity contribution is -0.151. The predicted molar refractivity (Wildman–Crippen MR) is 66.4 cm³/mol. The van der Waals surface area contributed by atoms with Crippen molar-refractivity contribution in [2.24, 2.45) is 5.73 Å². The molecule has 0 bridgehead atoms. The Morgan fingerprint density at radius 1 is 1.26 bits per heavy atom. The number of amides is 1. The Balaban J connectivity index is 1.79. The molecule has 0 saturated carbocycles. The van der Waals surface area contributed by atoms with Gasteiger partial charge in [0.05, 0.1) is 6.26 Å². The average molecular weight is 260 g/mol. The van der Waals surface area contributed by atoms with Crippen molar-refractivity contribution >= 4 is 5.91 Å². The molecule has 3 rings (SSSR count). The number of halogens is 1. The van der Waals surface area contributed by atoms with Gasteiger partial charge in [-0.2, -0.15) is 0 Å². The highest BCUT2D eigenvalue weighted by atomic mass is 19.1. The van der Waals surface area contributed by atoms with Gasteiger partial charge in [0.15, 0.2) is 0 Å². The second kappa shape index (κ2) is 4.51. The van der Waals surface area contributed by atoms with Crippen LogP contribution in [0.1, 0.15) is 17.4 Å². The molecule has 0 unspecified atom stereocenters. The van der Waals surface area contributed by atoms with Gasteiger partial charge in [0.1, 0.15) is 23.7 Å². The Morgan fingerprint density at radius 2 is 2.00 bits per heavy atom. The van der Waals surface area contributed by atoms with Gasteiger partial charge in [-0.3, -0.25) is 4.79 Å². The molecule has 1 amide bonds. The summed E-state index contributed by atoms with van der Waals surface area (Å²) < 4.78 is 18.2. The highest BCUT2D eigenvalue weighted by Gasteiger charge is 2.47. The van der Waals surface area contributed by atoms with Crippen molar-refractivity contribution in [3.63, 3.8) is 0 Å². The van der Waals surface area contributed by atoms with Crippen LogP contribution in [-0.2, 0) is 11.3 Å². The molecule has 1 saturated heterocycles. The first-order valence-electron chi connectivity index (χ1n) is 6.01. The van der Waals surface area contributed by atoms with E-state index in [1.807, 2.05) is 0 Å². The van der Waals surface area contributed by atoms with Crippen LogP contribution in [0.5, 0.6) is 0 Å². The van der Waals surface area contributed by atoms with E-state index in [4.69, 9.17) is 10.2 Å². The normalized spacial score (nSPS) is 22.4. The summed E-state index contributed by atoms with van der Waals surface area (Å²) in [4.78, 5) is 13.5. The Labute approximate surface area is 109 Å². The third-order valence-electron chi connectivity index (χ3n) is 3.35. The minimum atomic E-state index is -0.563. The number of furan rings is 1. The first-order chi connectivity index (χ1) is 9.16. The minimum absolute atomic E-state index is 0.120. The topological polar surface area (TPSA) is 59.5 Å². The van der Waals surface area contributed by atoms with Crippen LogP contribution in [-0.4, -0.2) is 16.8 Å². The SMILES string of the molecule is N[C@@H]1C(=O)N(Cc2ccc(F)cc2)[C@@H]1c1ccco1. The van der Waals surface area contributed by atoms with E-state index in [1.165, 1.54) is 12.1 Å². The van der Waals surface area contributed by atoms with Crippen molar-refractivity contribution in [2.45, 2.75) is 18.6 Å². The van der Waals surface area contributed by atoms with Crippen LogP contribution >= 0.6 is 0 Å². The number of carbonyl (C=O) groups excluding carboxylic acids is 1. The van der Waals surface area contributed by atoms with Crippen LogP contribution in [0.25, 0.3) is 0 Å². The monoisotopic (exact) mass is 260 g/mol. The largest absolute Gasteiger partial charge is 0.467 e. The van der Waals surface area contributed by atoms with Crippen LogP contribution in [0, 0.1) is 5.82 Å². The van der Waals surface area contributed by atoms with Gasteiger partial charge in [0.25, 0.3) is 0 Å². The predicted octanol–water partition coefficient (Wildman–Crippen LogP) is 1.83. The number of hydrogen-bond donors (Lipinski definition) is 1. The summed E-state index contributed by atoms with van der Waals surface area (Å²) in [6, 6.07) is 8.83. The zero-order valence-corrected chi connectivity index (χ0v) is 10.1. The van der Waals surface area contributed by atoms with Crippen molar-refractivity contribution in [2.75, 3.05) is 0 Å². The highest BCUT2D eigenvalue weighted by Crippen LogP contribution is 2.35. The van der Waals surface area contributed by atoms with Gasteiger partial charge < -0.3 is 15.1 Å². The molecule has 0 aliphatic carbocycles. The smallest absolute Gasteiger partial charge is 0.243 e. The zero-order valence-electron chi connectivity index (χ0n) is 10.1. The number of nitrogens with zero attached hydrogens (tertiary/aromatic N) is 1. The van der Waals surface area contributed by atoms with Crippen LogP contribution in [0.2, 0.25) is 0 Å². The highest BCUT2D eigenvalue weighted by molar-refractivity contribution is 5.89. The maximum Gasteiger partial charge on any atom is 0.243 e. The second-order valence-electron chi connectivity index (χ2n) is 4.58. The summed E-state index contributed by atoms with van der Waals surface area (Å²) in [5.74, 6) is 0.262. The summed E-state index contributed by atoms with van der Waals surface area (Å²) in [7, 11) is 0. The van der Waals surface area contributed by atoms with E-state index >= 15 is 0 Å². The second-order valence-corrected chi connectivity index (χ2v) is 4.58. The molecule has 2 aromatic rings. The molecule has 4 nitrogen and oxygen atoms in total. The molecule has 1 aliphatic heterocycles. The molecule has 19 heavy (non-hydrogen) atoms. The fourth-order valence-electron chi connectivity index (χ4n) is 2.33. The van der Waals surface area contributed by atoms with Gasteiger partial charge >= 0.3 is 0 Å². The quantitative estimate of drug-likeness (QED) is 0.856. The summed E-state index contributed by atoms with van der Waals surface area (Å²) in [6.45, 7) is 0.401.